The molecule has 1 aromatic carbocycles. The first-order valence-electron chi connectivity index (χ1n) is 5.59. The zero-order chi connectivity index (χ0) is 12.9. The van der Waals surface area contributed by atoms with Gasteiger partial charge < -0.3 is 0 Å². The zero-order valence-electron chi connectivity index (χ0n) is 10.2. The first kappa shape index (κ1) is 14.5. The summed E-state index contributed by atoms with van der Waals surface area (Å²) in [5.41, 5.74) is 2.15. The Morgan fingerprint density at radius 2 is 1.82 bits per heavy atom. The summed E-state index contributed by atoms with van der Waals surface area (Å²) in [5.74, 6) is 0. The highest BCUT2D eigenvalue weighted by Crippen LogP contribution is 2.12. The highest BCUT2D eigenvalue weighted by Gasteiger charge is 2.19. The number of sulfonamides is 1. The van der Waals surface area contributed by atoms with Crippen molar-refractivity contribution in [2.45, 2.75) is 26.8 Å². The van der Waals surface area contributed by atoms with Gasteiger partial charge >= 0.3 is 0 Å². The highest BCUT2D eigenvalue weighted by atomic mass is 35.5. The Balaban J connectivity index is 2.84. The third-order valence-corrected chi connectivity index (χ3v) is 4.69. The summed E-state index contributed by atoms with van der Waals surface area (Å²) in [6.07, 6.45) is 0.780. The minimum atomic E-state index is -3.33. The molecule has 0 amide bonds. The van der Waals surface area contributed by atoms with E-state index in [0.717, 1.165) is 17.5 Å². The molecule has 0 N–H and O–H groups in total. The maximum absolute atomic E-state index is 11.8. The molecule has 0 aliphatic rings. The topological polar surface area (TPSA) is 37.4 Å². The van der Waals surface area contributed by atoms with E-state index in [1.165, 1.54) is 4.31 Å². The molecule has 0 aliphatic carbocycles. The number of hydrogen-bond donors (Lipinski definition) is 0. The Hall–Kier alpha value is -0.580. The summed E-state index contributed by atoms with van der Waals surface area (Å²) in [6, 6.07) is 7.85. The predicted molar refractivity (Wildman–Crippen MR) is 71.5 cm³/mol. The van der Waals surface area contributed by atoms with Crippen LogP contribution in [0.5, 0.6) is 0 Å². The average Bonchev–Trinajstić information content (AvgIpc) is 2.31. The molecule has 96 valence electrons. The third kappa shape index (κ3) is 4.30. The van der Waals surface area contributed by atoms with Crippen LogP contribution in [0.4, 0.5) is 0 Å². The fraction of sp³-hybridized carbons (Fsp3) is 0.500. The van der Waals surface area contributed by atoms with Crippen LogP contribution >= 0.6 is 11.6 Å². The highest BCUT2D eigenvalue weighted by molar-refractivity contribution is 7.90. The monoisotopic (exact) mass is 275 g/mol. The zero-order valence-corrected chi connectivity index (χ0v) is 11.8. The van der Waals surface area contributed by atoms with E-state index in [0.29, 0.717) is 13.1 Å². The molecule has 3 nitrogen and oxygen atoms in total. The molecule has 0 aliphatic heterocycles. The number of aryl methyl sites for hydroxylation is 1. The van der Waals surface area contributed by atoms with Crippen LogP contribution in [0.25, 0.3) is 0 Å². The Morgan fingerprint density at radius 3 is 2.29 bits per heavy atom. The molecule has 0 spiro atoms. The van der Waals surface area contributed by atoms with Crippen molar-refractivity contribution in [3.8, 4) is 0 Å². The summed E-state index contributed by atoms with van der Waals surface area (Å²) in [4.78, 5) is 0. The number of alkyl halides is 1. The summed E-state index contributed by atoms with van der Waals surface area (Å²) < 4.78 is 24.9. The van der Waals surface area contributed by atoms with Crippen LogP contribution in [0.2, 0.25) is 0 Å². The van der Waals surface area contributed by atoms with Crippen molar-refractivity contribution in [1.82, 2.24) is 4.31 Å². The van der Waals surface area contributed by atoms with Crippen molar-refractivity contribution in [1.29, 1.82) is 0 Å². The molecule has 17 heavy (non-hydrogen) atoms. The first-order valence-corrected chi connectivity index (χ1v) is 7.73. The van der Waals surface area contributed by atoms with Crippen LogP contribution in [-0.2, 0) is 16.6 Å². The number of nitrogens with zero attached hydrogens (tertiary/aromatic N) is 1. The van der Waals surface area contributed by atoms with E-state index in [1.54, 1.807) is 0 Å². The van der Waals surface area contributed by atoms with E-state index in [9.17, 15) is 8.42 Å². The van der Waals surface area contributed by atoms with Crippen LogP contribution in [-0.4, -0.2) is 24.5 Å². The number of benzene rings is 1. The van der Waals surface area contributed by atoms with Crippen LogP contribution < -0.4 is 0 Å². The number of hydrogen-bond acceptors (Lipinski definition) is 2. The molecular formula is C12H18ClNO2S. The largest absolute Gasteiger partial charge is 0.228 e. The van der Waals surface area contributed by atoms with E-state index in [-0.39, 0.29) is 5.21 Å². The van der Waals surface area contributed by atoms with E-state index >= 15 is 0 Å². The van der Waals surface area contributed by atoms with Crippen molar-refractivity contribution in [2.75, 3.05) is 11.8 Å². The lowest BCUT2D eigenvalue weighted by atomic mass is 10.1. The van der Waals surface area contributed by atoms with Crippen molar-refractivity contribution >= 4 is 21.6 Å². The van der Waals surface area contributed by atoms with Crippen molar-refractivity contribution in [2.24, 2.45) is 0 Å². The average molecular weight is 276 g/mol. The molecule has 1 rings (SSSR count). The third-order valence-electron chi connectivity index (χ3n) is 2.48. The number of rotatable bonds is 6. The molecule has 0 heterocycles. The molecule has 0 unspecified atom stereocenters. The summed E-state index contributed by atoms with van der Waals surface area (Å²) >= 11 is 5.49. The second-order valence-corrected chi connectivity index (χ2v) is 6.59. The van der Waals surface area contributed by atoms with E-state index in [2.05, 4.69) is 0 Å². The maximum Gasteiger partial charge on any atom is 0.228 e. The lowest BCUT2D eigenvalue weighted by Crippen LogP contribution is -2.32. The van der Waals surface area contributed by atoms with Crippen molar-refractivity contribution < 1.29 is 8.42 Å². The predicted octanol–water partition coefficient (Wildman–Crippen LogP) is 2.73. The van der Waals surface area contributed by atoms with Gasteiger partial charge in [-0.05, 0) is 18.9 Å². The Labute approximate surface area is 108 Å². The van der Waals surface area contributed by atoms with E-state index in [1.807, 2.05) is 38.1 Å². The maximum atomic E-state index is 11.8. The fourth-order valence-corrected chi connectivity index (χ4v) is 2.89. The van der Waals surface area contributed by atoms with Gasteiger partial charge in [-0.15, -0.1) is 11.6 Å². The van der Waals surface area contributed by atoms with Gasteiger partial charge in [0.2, 0.25) is 10.0 Å². The molecule has 0 atom stereocenters. The lowest BCUT2D eigenvalue weighted by Gasteiger charge is -2.20. The Bertz CT molecular complexity index is 442. The molecule has 0 bridgehead atoms. The molecule has 0 aromatic heterocycles. The first-order chi connectivity index (χ1) is 7.99. The number of halogens is 1. The minimum Gasteiger partial charge on any atom is -0.211 e. The Kier molecular flexibility index (Phi) is 5.43. The molecule has 5 heteroatoms. The standard InChI is InChI=1S/C12H18ClNO2S/c1-3-8-14(17(15,16)10-13)9-12-6-4-11(2)5-7-12/h4-7H,3,8-10H2,1-2H3. The van der Waals surface area contributed by atoms with E-state index in [4.69, 9.17) is 11.6 Å². The summed E-state index contributed by atoms with van der Waals surface area (Å²) in [5, 5.41) is -0.362. The van der Waals surface area contributed by atoms with Crippen molar-refractivity contribution in [3.05, 3.63) is 35.4 Å². The van der Waals surface area contributed by atoms with Crippen LogP contribution in [0.3, 0.4) is 0 Å². The fourth-order valence-electron chi connectivity index (χ4n) is 1.53. The normalized spacial score (nSPS) is 12.0. The summed E-state index contributed by atoms with van der Waals surface area (Å²) in [7, 11) is -3.33. The second kappa shape index (κ2) is 6.38. The minimum absolute atomic E-state index is 0.362. The van der Waals surface area contributed by atoms with Crippen molar-refractivity contribution in [3.63, 3.8) is 0 Å². The summed E-state index contributed by atoms with van der Waals surface area (Å²) in [6.45, 7) is 4.85. The smallest absolute Gasteiger partial charge is 0.211 e. The van der Waals surface area contributed by atoms with Gasteiger partial charge in [0.1, 0.15) is 5.21 Å². The molecule has 0 radical (unpaired) electrons. The molecule has 1 aromatic rings. The molecule has 0 fully saturated rings. The molecule has 0 saturated heterocycles. The lowest BCUT2D eigenvalue weighted by molar-refractivity contribution is 0.408. The van der Waals surface area contributed by atoms with Gasteiger partial charge in [0.05, 0.1) is 0 Å². The molecular weight excluding hydrogens is 258 g/mol. The van der Waals surface area contributed by atoms with Crippen LogP contribution in [0, 0.1) is 6.92 Å². The van der Waals surface area contributed by atoms with Gasteiger partial charge in [-0.25, -0.2) is 8.42 Å². The van der Waals surface area contributed by atoms with Gasteiger partial charge in [0, 0.05) is 13.1 Å². The van der Waals surface area contributed by atoms with Crippen LogP contribution in [0.15, 0.2) is 24.3 Å². The second-order valence-electron chi connectivity index (χ2n) is 4.04. The van der Waals surface area contributed by atoms with Gasteiger partial charge in [-0.1, -0.05) is 36.8 Å². The SMILES string of the molecule is CCCN(Cc1ccc(C)cc1)S(=O)(=O)CCl. The van der Waals surface area contributed by atoms with Gasteiger partial charge in [0.15, 0.2) is 0 Å². The van der Waals surface area contributed by atoms with E-state index < -0.39 is 10.0 Å². The van der Waals surface area contributed by atoms with Gasteiger partial charge in [-0.2, -0.15) is 4.31 Å². The van der Waals surface area contributed by atoms with Gasteiger partial charge in [-0.3, -0.25) is 0 Å². The van der Waals surface area contributed by atoms with Gasteiger partial charge in [0.25, 0.3) is 0 Å². The Morgan fingerprint density at radius 1 is 1.24 bits per heavy atom. The van der Waals surface area contributed by atoms with Crippen LogP contribution in [0.1, 0.15) is 24.5 Å². The quantitative estimate of drug-likeness (QED) is 0.749. The molecule has 0 saturated carbocycles.